The standard InChI is InChI=1S/C8H14O3.C7H12O3/c1-3-4-5-11-8(10)6-7(2)9;1-3-4-10-7(9)5-6(2)8/h3-6H2,1-2H3;3-5H2,1-2H3. The molecule has 0 rings (SSSR count). The molecular weight excluding hydrogens is 276 g/mol. The Morgan fingerprint density at radius 3 is 1.48 bits per heavy atom. The molecule has 0 aliphatic heterocycles. The molecule has 0 amide bonds. The Hall–Kier alpha value is -1.72. The van der Waals surface area contributed by atoms with Crippen LogP contribution in [0.1, 0.15) is 59.8 Å². The lowest BCUT2D eigenvalue weighted by Crippen LogP contribution is -2.09. The number of Topliss-reactive ketones (excluding diaryl/α,β-unsaturated/α-hetero) is 2. The second-order valence-corrected chi connectivity index (χ2v) is 4.55. The van der Waals surface area contributed by atoms with Crippen LogP contribution in [-0.4, -0.2) is 36.7 Å². The number of carbonyl (C=O) groups excluding carboxylic acids is 4. The van der Waals surface area contributed by atoms with Crippen LogP contribution in [0, 0.1) is 0 Å². The van der Waals surface area contributed by atoms with Gasteiger partial charge in [-0.1, -0.05) is 20.3 Å². The van der Waals surface area contributed by atoms with E-state index in [2.05, 4.69) is 4.74 Å². The van der Waals surface area contributed by atoms with Gasteiger partial charge in [0.1, 0.15) is 24.4 Å². The van der Waals surface area contributed by atoms with Crippen LogP contribution in [0.25, 0.3) is 0 Å². The van der Waals surface area contributed by atoms with Crippen LogP contribution in [0.15, 0.2) is 0 Å². The monoisotopic (exact) mass is 302 g/mol. The molecule has 0 unspecified atom stereocenters. The predicted octanol–water partition coefficient (Wildman–Crippen LogP) is 2.23. The molecule has 0 saturated carbocycles. The van der Waals surface area contributed by atoms with E-state index in [1.54, 1.807) is 0 Å². The minimum atomic E-state index is -0.422. The number of ether oxygens (including phenoxy) is 2. The van der Waals surface area contributed by atoms with Crippen LogP contribution in [0.2, 0.25) is 0 Å². The van der Waals surface area contributed by atoms with E-state index in [1.165, 1.54) is 13.8 Å². The van der Waals surface area contributed by atoms with Crippen LogP contribution < -0.4 is 0 Å². The van der Waals surface area contributed by atoms with Crippen LogP contribution in [0.4, 0.5) is 0 Å². The quantitative estimate of drug-likeness (QED) is 0.369. The zero-order chi connectivity index (χ0) is 16.7. The van der Waals surface area contributed by atoms with Crippen LogP contribution in [0.3, 0.4) is 0 Å². The van der Waals surface area contributed by atoms with Gasteiger partial charge in [0.15, 0.2) is 0 Å². The summed E-state index contributed by atoms with van der Waals surface area (Å²) in [6.07, 6.45) is 2.46. The van der Waals surface area contributed by atoms with Gasteiger partial charge in [-0.15, -0.1) is 0 Å². The molecule has 0 radical (unpaired) electrons. The number of esters is 2. The summed E-state index contributed by atoms with van der Waals surface area (Å²) >= 11 is 0. The number of hydrogen-bond donors (Lipinski definition) is 0. The lowest BCUT2D eigenvalue weighted by molar-refractivity contribution is -0.147. The second-order valence-electron chi connectivity index (χ2n) is 4.55. The Bertz CT molecular complexity index is 335. The zero-order valence-electron chi connectivity index (χ0n) is 13.4. The molecule has 21 heavy (non-hydrogen) atoms. The highest BCUT2D eigenvalue weighted by molar-refractivity contribution is 5.94. The highest BCUT2D eigenvalue weighted by Gasteiger charge is 2.05. The third-order valence-electron chi connectivity index (χ3n) is 2.01. The maximum Gasteiger partial charge on any atom is 0.313 e. The first-order valence-corrected chi connectivity index (χ1v) is 7.13. The predicted molar refractivity (Wildman–Crippen MR) is 77.7 cm³/mol. The van der Waals surface area contributed by atoms with Gasteiger partial charge in [-0.25, -0.2) is 0 Å². The van der Waals surface area contributed by atoms with Crippen molar-refractivity contribution in [2.45, 2.75) is 59.8 Å². The van der Waals surface area contributed by atoms with Gasteiger partial charge in [0.25, 0.3) is 0 Å². The van der Waals surface area contributed by atoms with E-state index in [9.17, 15) is 19.2 Å². The summed E-state index contributed by atoms with van der Waals surface area (Å²) in [6, 6.07) is 0. The van der Waals surface area contributed by atoms with Crippen molar-refractivity contribution in [3.63, 3.8) is 0 Å². The summed E-state index contributed by atoms with van der Waals surface area (Å²) in [5.74, 6) is -1.13. The third kappa shape index (κ3) is 20.8. The maximum absolute atomic E-state index is 10.7. The van der Waals surface area contributed by atoms with E-state index in [4.69, 9.17) is 4.74 Å². The van der Waals surface area contributed by atoms with Crippen molar-refractivity contribution in [2.24, 2.45) is 0 Å². The Morgan fingerprint density at radius 2 is 1.14 bits per heavy atom. The fourth-order valence-electron chi connectivity index (χ4n) is 1.05. The van der Waals surface area contributed by atoms with Gasteiger partial charge >= 0.3 is 11.9 Å². The number of unbranched alkanes of at least 4 members (excludes halogenated alkanes) is 1. The van der Waals surface area contributed by atoms with Gasteiger partial charge in [0, 0.05) is 0 Å². The smallest absolute Gasteiger partial charge is 0.313 e. The molecule has 0 fully saturated rings. The fourth-order valence-corrected chi connectivity index (χ4v) is 1.05. The molecule has 0 aromatic heterocycles. The average Bonchev–Trinajstić information content (AvgIpc) is 2.35. The third-order valence-corrected chi connectivity index (χ3v) is 2.01. The topological polar surface area (TPSA) is 86.7 Å². The SMILES string of the molecule is CCCCOC(=O)CC(C)=O.CCCOC(=O)CC(C)=O. The second kappa shape index (κ2) is 14.7. The average molecular weight is 302 g/mol. The molecule has 0 aliphatic rings. The molecule has 0 aromatic carbocycles. The van der Waals surface area contributed by atoms with Crippen molar-refractivity contribution in [3.05, 3.63) is 0 Å². The Morgan fingerprint density at radius 1 is 0.714 bits per heavy atom. The van der Waals surface area contributed by atoms with Crippen LogP contribution in [-0.2, 0) is 28.7 Å². The molecular formula is C15H26O6. The molecule has 122 valence electrons. The molecule has 0 aromatic rings. The largest absolute Gasteiger partial charge is 0.465 e. The first-order chi connectivity index (χ1) is 9.83. The van der Waals surface area contributed by atoms with E-state index < -0.39 is 11.9 Å². The van der Waals surface area contributed by atoms with Crippen molar-refractivity contribution < 1.29 is 28.7 Å². The van der Waals surface area contributed by atoms with Gasteiger partial charge in [0.05, 0.1) is 13.2 Å². The Labute approximate surface area is 126 Å². The number of rotatable bonds is 9. The summed E-state index contributed by atoms with van der Waals surface area (Å²) < 4.78 is 9.38. The molecule has 0 saturated heterocycles. The van der Waals surface area contributed by atoms with Gasteiger partial charge in [0.2, 0.25) is 0 Å². The molecule has 0 bridgehead atoms. The normalized spacial score (nSPS) is 9.14. The van der Waals surface area contributed by atoms with Crippen molar-refractivity contribution in [1.29, 1.82) is 0 Å². The first-order valence-electron chi connectivity index (χ1n) is 7.13. The van der Waals surface area contributed by atoms with Gasteiger partial charge < -0.3 is 9.47 Å². The molecule has 0 heterocycles. The highest BCUT2D eigenvalue weighted by Crippen LogP contribution is 1.92. The van der Waals surface area contributed by atoms with Crippen molar-refractivity contribution in [2.75, 3.05) is 13.2 Å². The number of hydrogen-bond acceptors (Lipinski definition) is 6. The van der Waals surface area contributed by atoms with Crippen LogP contribution in [0.5, 0.6) is 0 Å². The molecule has 6 nitrogen and oxygen atoms in total. The van der Waals surface area contributed by atoms with E-state index in [0.29, 0.717) is 13.2 Å². The maximum atomic E-state index is 10.7. The van der Waals surface area contributed by atoms with Gasteiger partial charge in [-0.3, -0.25) is 19.2 Å². The van der Waals surface area contributed by atoms with E-state index in [0.717, 1.165) is 19.3 Å². The Kier molecular flexibility index (Phi) is 15.1. The lowest BCUT2D eigenvalue weighted by Gasteiger charge is -2.00. The van der Waals surface area contributed by atoms with Gasteiger partial charge in [-0.2, -0.15) is 0 Å². The number of ketones is 2. The molecule has 0 N–H and O–H groups in total. The van der Waals surface area contributed by atoms with Crippen molar-refractivity contribution >= 4 is 23.5 Å². The van der Waals surface area contributed by atoms with Crippen molar-refractivity contribution in [3.8, 4) is 0 Å². The summed E-state index contributed by atoms with van der Waals surface area (Å²) in [4.78, 5) is 42.0. The van der Waals surface area contributed by atoms with E-state index in [1.807, 2.05) is 13.8 Å². The molecule has 0 atom stereocenters. The summed E-state index contributed by atoms with van der Waals surface area (Å²) in [5.41, 5.74) is 0. The van der Waals surface area contributed by atoms with Crippen molar-refractivity contribution in [1.82, 2.24) is 0 Å². The van der Waals surface area contributed by atoms with Crippen LogP contribution >= 0.6 is 0 Å². The minimum absolute atomic E-state index is 0.0935. The van der Waals surface area contributed by atoms with E-state index in [-0.39, 0.29) is 24.4 Å². The number of carbonyl (C=O) groups is 4. The summed E-state index contributed by atoms with van der Waals surface area (Å²) in [5, 5.41) is 0. The first kappa shape index (κ1) is 21.6. The molecule has 0 spiro atoms. The highest BCUT2D eigenvalue weighted by atomic mass is 16.5. The van der Waals surface area contributed by atoms with E-state index >= 15 is 0 Å². The zero-order valence-corrected chi connectivity index (χ0v) is 13.4. The summed E-state index contributed by atoms with van der Waals surface area (Å²) in [6.45, 7) is 7.50. The summed E-state index contributed by atoms with van der Waals surface area (Å²) in [7, 11) is 0. The molecule has 0 aliphatic carbocycles. The Balaban J connectivity index is 0. The minimum Gasteiger partial charge on any atom is -0.465 e. The fraction of sp³-hybridized carbons (Fsp3) is 0.733. The lowest BCUT2D eigenvalue weighted by atomic mass is 10.3. The molecule has 6 heteroatoms. The van der Waals surface area contributed by atoms with Gasteiger partial charge in [-0.05, 0) is 26.7 Å².